The van der Waals surface area contributed by atoms with Crippen molar-refractivity contribution in [3.8, 4) is 11.3 Å². The van der Waals surface area contributed by atoms with Gasteiger partial charge in [0.05, 0.1) is 0 Å². The number of hydrogen-bond donors (Lipinski definition) is 0. The zero-order chi connectivity index (χ0) is 15.7. The number of amides is 1. The molecule has 0 bridgehead atoms. The molecule has 2 heterocycles. The first kappa shape index (κ1) is 15.2. The maximum atomic E-state index is 12.9. The molecule has 116 valence electrons. The average molecular weight is 316 g/mol. The zero-order valence-electron chi connectivity index (χ0n) is 13.1. The van der Waals surface area contributed by atoms with Gasteiger partial charge in [-0.05, 0) is 0 Å². The van der Waals surface area contributed by atoms with Gasteiger partial charge >= 0.3 is 0 Å². The Morgan fingerprint density at radius 3 is 2.50 bits per heavy atom. The molecule has 0 spiro atoms. The van der Waals surface area contributed by atoms with Crippen LogP contribution in [0.5, 0.6) is 0 Å². The minimum absolute atomic E-state index is 0.0327. The van der Waals surface area contributed by atoms with Crippen molar-refractivity contribution >= 4 is 17.7 Å². The lowest BCUT2D eigenvalue weighted by Crippen LogP contribution is -2.44. The topological polar surface area (TPSA) is 46.3 Å². The fourth-order valence-electron chi connectivity index (χ4n) is 2.85. The molecule has 2 aromatic rings. The van der Waals surface area contributed by atoms with Crippen molar-refractivity contribution < 1.29 is 9.21 Å². The molecule has 0 radical (unpaired) electrons. The van der Waals surface area contributed by atoms with Gasteiger partial charge in [-0.1, -0.05) is 44.2 Å². The summed E-state index contributed by atoms with van der Waals surface area (Å²) < 4.78 is 5.70. The van der Waals surface area contributed by atoms with Crippen LogP contribution in [0.3, 0.4) is 0 Å². The fourth-order valence-corrected chi connectivity index (χ4v) is 4.18. The normalized spacial score (nSPS) is 21.9. The Morgan fingerprint density at radius 1 is 1.23 bits per heavy atom. The Labute approximate surface area is 134 Å². The molecular formula is C17H20N2O2S. The second-order valence-corrected chi connectivity index (χ2v) is 7.63. The number of aryl methyl sites for hydroxylation is 1. The number of rotatable bonds is 2. The van der Waals surface area contributed by atoms with E-state index in [-0.39, 0.29) is 5.91 Å². The van der Waals surface area contributed by atoms with E-state index in [1.165, 1.54) is 0 Å². The molecule has 1 aliphatic heterocycles. The molecule has 1 aromatic carbocycles. The van der Waals surface area contributed by atoms with Crippen LogP contribution >= 0.6 is 11.8 Å². The van der Waals surface area contributed by atoms with Crippen LogP contribution in [0, 0.1) is 6.92 Å². The third-order valence-electron chi connectivity index (χ3n) is 3.68. The Bertz CT molecular complexity index is 659. The third kappa shape index (κ3) is 3.04. The van der Waals surface area contributed by atoms with Gasteiger partial charge in [-0.2, -0.15) is 11.8 Å². The lowest BCUT2D eigenvalue weighted by Gasteiger charge is -2.34. The molecule has 1 aromatic heterocycles. The van der Waals surface area contributed by atoms with E-state index in [0.717, 1.165) is 18.7 Å². The Hall–Kier alpha value is -1.75. The predicted octanol–water partition coefficient (Wildman–Crippen LogP) is 3.62. The number of carbonyl (C=O) groups is 1. The summed E-state index contributed by atoms with van der Waals surface area (Å²) in [6, 6.07) is 9.69. The van der Waals surface area contributed by atoms with Crippen molar-refractivity contribution in [2.24, 2.45) is 0 Å². The van der Waals surface area contributed by atoms with Crippen LogP contribution in [0.25, 0.3) is 11.3 Å². The highest BCUT2D eigenvalue weighted by Crippen LogP contribution is 2.29. The summed E-state index contributed by atoms with van der Waals surface area (Å²) in [6.07, 6.45) is 0. The van der Waals surface area contributed by atoms with E-state index in [1.807, 2.05) is 47.0 Å². The lowest BCUT2D eigenvalue weighted by molar-refractivity contribution is 0.0748. The minimum atomic E-state index is -0.0327. The molecule has 1 fully saturated rings. The molecule has 2 atom stereocenters. The predicted molar refractivity (Wildman–Crippen MR) is 89.1 cm³/mol. The van der Waals surface area contributed by atoms with E-state index in [9.17, 15) is 4.79 Å². The van der Waals surface area contributed by atoms with E-state index >= 15 is 0 Å². The van der Waals surface area contributed by atoms with Crippen LogP contribution in [0.1, 0.15) is 30.2 Å². The quantitative estimate of drug-likeness (QED) is 0.849. The second kappa shape index (κ2) is 6.16. The molecule has 4 nitrogen and oxygen atoms in total. The van der Waals surface area contributed by atoms with Gasteiger partial charge in [0.2, 0.25) is 0 Å². The van der Waals surface area contributed by atoms with E-state index in [2.05, 4.69) is 18.8 Å². The number of thioether (sulfide) groups is 1. The second-order valence-electron chi connectivity index (χ2n) is 5.74. The molecule has 2 unspecified atom stereocenters. The van der Waals surface area contributed by atoms with Crippen LogP contribution in [0.15, 0.2) is 34.7 Å². The van der Waals surface area contributed by atoms with Crippen LogP contribution in [0.4, 0.5) is 0 Å². The molecule has 5 heteroatoms. The molecule has 0 saturated carbocycles. The first-order valence-corrected chi connectivity index (χ1v) is 8.46. The van der Waals surface area contributed by atoms with Gasteiger partial charge in [0.25, 0.3) is 5.91 Å². The Kier molecular flexibility index (Phi) is 4.25. The smallest absolute Gasteiger partial charge is 0.276 e. The third-order valence-corrected chi connectivity index (χ3v) is 4.91. The summed E-state index contributed by atoms with van der Waals surface area (Å²) in [6.45, 7) is 7.61. The molecule has 3 rings (SSSR count). The average Bonchev–Trinajstić information content (AvgIpc) is 2.88. The Morgan fingerprint density at radius 2 is 1.86 bits per heavy atom. The molecule has 1 saturated heterocycles. The highest BCUT2D eigenvalue weighted by Gasteiger charge is 2.30. The number of nitrogens with zero attached hydrogens (tertiary/aromatic N) is 2. The summed E-state index contributed by atoms with van der Waals surface area (Å²) in [5, 5.41) is 0.891. The van der Waals surface area contributed by atoms with Gasteiger partial charge in [-0.25, -0.2) is 4.98 Å². The standard InChI is InChI=1S/C17H20N2O2S/c1-11-9-19(10-12(2)22-11)17(20)15-16(21-13(3)18-15)14-7-5-4-6-8-14/h4-8,11-12H,9-10H2,1-3H3. The Balaban J connectivity index is 1.93. The largest absolute Gasteiger partial charge is 0.440 e. The van der Waals surface area contributed by atoms with Gasteiger partial charge in [0.15, 0.2) is 17.3 Å². The first-order chi connectivity index (χ1) is 10.5. The van der Waals surface area contributed by atoms with Crippen molar-refractivity contribution in [3.05, 3.63) is 41.9 Å². The maximum Gasteiger partial charge on any atom is 0.276 e. The molecule has 22 heavy (non-hydrogen) atoms. The van der Waals surface area contributed by atoms with Crippen LogP contribution < -0.4 is 0 Å². The fraction of sp³-hybridized carbons (Fsp3) is 0.412. The van der Waals surface area contributed by atoms with Crippen molar-refractivity contribution in [1.82, 2.24) is 9.88 Å². The van der Waals surface area contributed by atoms with E-state index in [0.29, 0.717) is 27.8 Å². The molecule has 0 aliphatic carbocycles. The number of oxazole rings is 1. The number of carbonyl (C=O) groups excluding carboxylic acids is 1. The first-order valence-electron chi connectivity index (χ1n) is 7.52. The maximum absolute atomic E-state index is 12.9. The SMILES string of the molecule is Cc1nc(C(=O)N2CC(C)SC(C)C2)c(-c2ccccc2)o1. The highest BCUT2D eigenvalue weighted by molar-refractivity contribution is 8.00. The van der Waals surface area contributed by atoms with Crippen molar-refractivity contribution in [3.63, 3.8) is 0 Å². The molecule has 0 N–H and O–H groups in total. The summed E-state index contributed by atoms with van der Waals surface area (Å²) in [5.74, 6) is 1.06. The monoisotopic (exact) mass is 316 g/mol. The van der Waals surface area contributed by atoms with Gasteiger partial charge in [-0.3, -0.25) is 4.79 Å². The van der Waals surface area contributed by atoms with Gasteiger partial charge in [0.1, 0.15) is 0 Å². The summed E-state index contributed by atoms with van der Waals surface area (Å²) in [7, 11) is 0. The molecular weight excluding hydrogens is 296 g/mol. The van der Waals surface area contributed by atoms with Crippen molar-refractivity contribution in [1.29, 1.82) is 0 Å². The zero-order valence-corrected chi connectivity index (χ0v) is 13.9. The summed E-state index contributed by atoms with van der Waals surface area (Å²) >= 11 is 1.93. The lowest BCUT2D eigenvalue weighted by atomic mass is 10.1. The highest BCUT2D eigenvalue weighted by atomic mass is 32.2. The minimum Gasteiger partial charge on any atom is -0.440 e. The number of hydrogen-bond acceptors (Lipinski definition) is 4. The summed E-state index contributed by atoms with van der Waals surface area (Å²) in [5.41, 5.74) is 1.31. The van der Waals surface area contributed by atoms with Crippen LogP contribution in [-0.2, 0) is 0 Å². The van der Waals surface area contributed by atoms with E-state index in [1.54, 1.807) is 6.92 Å². The summed E-state index contributed by atoms with van der Waals surface area (Å²) in [4.78, 5) is 19.1. The molecule has 1 amide bonds. The van der Waals surface area contributed by atoms with Crippen molar-refractivity contribution in [2.45, 2.75) is 31.3 Å². The van der Waals surface area contributed by atoms with E-state index < -0.39 is 0 Å². The van der Waals surface area contributed by atoms with Crippen molar-refractivity contribution in [2.75, 3.05) is 13.1 Å². The van der Waals surface area contributed by atoms with Gasteiger partial charge < -0.3 is 9.32 Å². The van der Waals surface area contributed by atoms with E-state index in [4.69, 9.17) is 4.42 Å². The van der Waals surface area contributed by atoms with Gasteiger partial charge in [-0.15, -0.1) is 0 Å². The number of benzene rings is 1. The van der Waals surface area contributed by atoms with Crippen LogP contribution in [0.2, 0.25) is 0 Å². The molecule has 1 aliphatic rings. The number of aromatic nitrogens is 1. The van der Waals surface area contributed by atoms with Crippen LogP contribution in [-0.4, -0.2) is 39.4 Å². The van der Waals surface area contributed by atoms with Gasteiger partial charge in [0, 0.05) is 36.1 Å².